The molecule has 7 nitrogen and oxygen atoms in total. The Morgan fingerprint density at radius 2 is 2.05 bits per heavy atom. The van der Waals surface area contributed by atoms with Gasteiger partial charge in [0.2, 0.25) is 5.82 Å². The standard InChI is InChI=1S/C15H23N5O2/c1-17-7-3-4-13(12-17)18-8-10-19(11-9-18)15-14(20(21)22)5-2-6-16-15/h2,5-6,13H,3-4,7-12H2,1H3. The zero-order valence-electron chi connectivity index (χ0n) is 13.0. The maximum Gasteiger partial charge on any atom is 0.311 e. The second-order valence-corrected chi connectivity index (χ2v) is 6.18. The van der Waals surface area contributed by atoms with E-state index in [0.717, 1.165) is 32.7 Å². The molecule has 3 heterocycles. The molecule has 22 heavy (non-hydrogen) atoms. The Balaban J connectivity index is 1.63. The number of nitro groups is 1. The second-order valence-electron chi connectivity index (χ2n) is 6.18. The van der Waals surface area contributed by atoms with Gasteiger partial charge in [-0.15, -0.1) is 0 Å². The lowest BCUT2D eigenvalue weighted by atomic mass is 10.0. The van der Waals surface area contributed by atoms with Crippen LogP contribution in [0, 0.1) is 10.1 Å². The van der Waals surface area contributed by atoms with Crippen LogP contribution in [0.3, 0.4) is 0 Å². The van der Waals surface area contributed by atoms with Crippen LogP contribution in [0.2, 0.25) is 0 Å². The number of rotatable bonds is 3. The van der Waals surface area contributed by atoms with Crippen LogP contribution in [0.4, 0.5) is 11.5 Å². The molecule has 0 amide bonds. The van der Waals surface area contributed by atoms with Gasteiger partial charge in [0.15, 0.2) is 0 Å². The summed E-state index contributed by atoms with van der Waals surface area (Å²) in [6.45, 7) is 5.83. The van der Waals surface area contributed by atoms with Gasteiger partial charge in [-0.05, 0) is 32.5 Å². The number of pyridine rings is 1. The molecule has 1 aromatic heterocycles. The number of hydrogen-bond donors (Lipinski definition) is 0. The number of aromatic nitrogens is 1. The molecular weight excluding hydrogens is 282 g/mol. The van der Waals surface area contributed by atoms with Gasteiger partial charge in [-0.3, -0.25) is 15.0 Å². The fraction of sp³-hybridized carbons (Fsp3) is 0.667. The summed E-state index contributed by atoms with van der Waals surface area (Å²) in [6.07, 6.45) is 4.14. The summed E-state index contributed by atoms with van der Waals surface area (Å²) in [7, 11) is 2.18. The van der Waals surface area contributed by atoms with Crippen molar-refractivity contribution in [2.24, 2.45) is 0 Å². The zero-order valence-corrected chi connectivity index (χ0v) is 13.0. The molecule has 0 aliphatic carbocycles. The Hall–Kier alpha value is -1.73. The molecule has 2 saturated heterocycles. The van der Waals surface area contributed by atoms with Crippen molar-refractivity contribution in [3.05, 3.63) is 28.4 Å². The fourth-order valence-corrected chi connectivity index (χ4v) is 3.51. The predicted octanol–water partition coefficient (Wildman–Crippen LogP) is 1.21. The molecule has 0 radical (unpaired) electrons. The third-order valence-electron chi connectivity index (χ3n) is 4.69. The summed E-state index contributed by atoms with van der Waals surface area (Å²) in [5, 5.41) is 11.1. The van der Waals surface area contributed by atoms with Crippen LogP contribution in [-0.4, -0.2) is 72.1 Å². The van der Waals surface area contributed by atoms with Crippen molar-refractivity contribution in [1.82, 2.24) is 14.8 Å². The summed E-state index contributed by atoms with van der Waals surface area (Å²) >= 11 is 0. The third-order valence-corrected chi connectivity index (χ3v) is 4.69. The van der Waals surface area contributed by atoms with Crippen molar-refractivity contribution in [3.8, 4) is 0 Å². The Kier molecular flexibility index (Phi) is 4.54. The van der Waals surface area contributed by atoms with Gasteiger partial charge in [0.05, 0.1) is 4.92 Å². The molecule has 0 spiro atoms. The van der Waals surface area contributed by atoms with E-state index in [1.54, 1.807) is 12.3 Å². The minimum absolute atomic E-state index is 0.105. The highest BCUT2D eigenvalue weighted by molar-refractivity contribution is 5.57. The molecule has 0 aromatic carbocycles. The second kappa shape index (κ2) is 6.58. The Morgan fingerprint density at radius 3 is 2.73 bits per heavy atom. The van der Waals surface area contributed by atoms with Crippen LogP contribution in [-0.2, 0) is 0 Å². The van der Waals surface area contributed by atoms with Gasteiger partial charge in [0.25, 0.3) is 0 Å². The van der Waals surface area contributed by atoms with Crippen LogP contribution in [0.15, 0.2) is 18.3 Å². The van der Waals surface area contributed by atoms with Crippen molar-refractivity contribution >= 4 is 11.5 Å². The molecule has 2 aliphatic rings. The highest BCUT2D eigenvalue weighted by atomic mass is 16.6. The average molecular weight is 305 g/mol. The first-order valence-corrected chi connectivity index (χ1v) is 7.92. The van der Waals surface area contributed by atoms with Crippen molar-refractivity contribution in [2.45, 2.75) is 18.9 Å². The lowest BCUT2D eigenvalue weighted by molar-refractivity contribution is -0.384. The number of likely N-dealkylation sites (N-methyl/N-ethyl adjacent to an activating group) is 1. The topological polar surface area (TPSA) is 65.8 Å². The lowest BCUT2D eigenvalue weighted by Gasteiger charge is -2.42. The van der Waals surface area contributed by atoms with E-state index in [0.29, 0.717) is 11.9 Å². The Morgan fingerprint density at radius 1 is 1.27 bits per heavy atom. The van der Waals surface area contributed by atoms with E-state index in [1.807, 2.05) is 4.90 Å². The molecule has 120 valence electrons. The molecule has 0 N–H and O–H groups in total. The molecular formula is C15H23N5O2. The highest BCUT2D eigenvalue weighted by Gasteiger charge is 2.29. The first kappa shape index (κ1) is 15.2. The van der Waals surface area contributed by atoms with Crippen LogP contribution in [0.1, 0.15) is 12.8 Å². The molecule has 3 rings (SSSR count). The van der Waals surface area contributed by atoms with E-state index < -0.39 is 0 Å². The Labute approximate surface area is 130 Å². The molecule has 0 saturated carbocycles. The molecule has 2 fully saturated rings. The van der Waals surface area contributed by atoms with E-state index >= 15 is 0 Å². The summed E-state index contributed by atoms with van der Waals surface area (Å²) in [5.74, 6) is 0.507. The molecule has 1 atom stereocenters. The van der Waals surface area contributed by atoms with E-state index in [-0.39, 0.29) is 10.6 Å². The first-order chi connectivity index (χ1) is 10.6. The van der Waals surface area contributed by atoms with Crippen molar-refractivity contribution < 1.29 is 4.92 Å². The molecule has 7 heteroatoms. The minimum Gasteiger partial charge on any atom is -0.348 e. The maximum absolute atomic E-state index is 11.1. The normalized spacial score (nSPS) is 24.4. The van der Waals surface area contributed by atoms with Gasteiger partial charge < -0.3 is 9.80 Å². The van der Waals surface area contributed by atoms with Gasteiger partial charge in [-0.25, -0.2) is 4.98 Å². The first-order valence-electron chi connectivity index (χ1n) is 7.92. The summed E-state index contributed by atoms with van der Waals surface area (Å²) in [4.78, 5) is 22.0. The summed E-state index contributed by atoms with van der Waals surface area (Å²) in [5.41, 5.74) is 0.105. The number of likely N-dealkylation sites (tertiary alicyclic amines) is 1. The SMILES string of the molecule is CN1CCCC(N2CCN(c3ncccc3[N+](=O)[O-])CC2)C1. The van der Waals surface area contributed by atoms with E-state index in [9.17, 15) is 10.1 Å². The summed E-state index contributed by atoms with van der Waals surface area (Å²) < 4.78 is 0. The number of hydrogen-bond acceptors (Lipinski definition) is 6. The number of piperidine rings is 1. The van der Waals surface area contributed by atoms with E-state index in [4.69, 9.17) is 0 Å². The van der Waals surface area contributed by atoms with Gasteiger partial charge in [-0.2, -0.15) is 0 Å². The van der Waals surface area contributed by atoms with Crippen molar-refractivity contribution in [1.29, 1.82) is 0 Å². The van der Waals surface area contributed by atoms with Crippen molar-refractivity contribution in [3.63, 3.8) is 0 Å². The molecule has 0 bridgehead atoms. The van der Waals surface area contributed by atoms with Crippen LogP contribution >= 0.6 is 0 Å². The van der Waals surface area contributed by atoms with Crippen molar-refractivity contribution in [2.75, 3.05) is 51.2 Å². The molecule has 1 aromatic rings. The third kappa shape index (κ3) is 3.20. The molecule has 2 aliphatic heterocycles. The van der Waals surface area contributed by atoms with Gasteiger partial charge in [-0.1, -0.05) is 0 Å². The quantitative estimate of drug-likeness (QED) is 0.618. The van der Waals surface area contributed by atoms with Gasteiger partial charge >= 0.3 is 5.69 Å². The smallest absolute Gasteiger partial charge is 0.311 e. The van der Waals surface area contributed by atoms with Crippen LogP contribution < -0.4 is 4.90 Å². The average Bonchev–Trinajstić information content (AvgIpc) is 2.55. The number of piperazine rings is 1. The van der Waals surface area contributed by atoms with E-state index in [2.05, 4.69) is 21.8 Å². The van der Waals surface area contributed by atoms with E-state index in [1.165, 1.54) is 25.5 Å². The fourth-order valence-electron chi connectivity index (χ4n) is 3.51. The number of anilines is 1. The number of nitrogens with zero attached hydrogens (tertiary/aromatic N) is 5. The van der Waals surface area contributed by atoms with Crippen LogP contribution in [0.5, 0.6) is 0 Å². The Bertz CT molecular complexity index is 530. The largest absolute Gasteiger partial charge is 0.348 e. The summed E-state index contributed by atoms with van der Waals surface area (Å²) in [6, 6.07) is 3.78. The monoisotopic (exact) mass is 305 g/mol. The van der Waals surface area contributed by atoms with Gasteiger partial charge in [0.1, 0.15) is 0 Å². The molecule has 1 unspecified atom stereocenters. The maximum atomic E-state index is 11.1. The minimum atomic E-state index is -0.342. The lowest BCUT2D eigenvalue weighted by Crippen LogP contribution is -2.54. The predicted molar refractivity (Wildman–Crippen MR) is 85.2 cm³/mol. The highest BCUT2D eigenvalue weighted by Crippen LogP contribution is 2.26. The van der Waals surface area contributed by atoms with Crippen LogP contribution in [0.25, 0.3) is 0 Å². The zero-order chi connectivity index (χ0) is 15.5. The van der Waals surface area contributed by atoms with Gasteiger partial charge in [0, 0.05) is 51.0 Å².